The molecule has 1 fully saturated rings. The first-order valence-electron chi connectivity index (χ1n) is 8.53. The predicted octanol–water partition coefficient (Wildman–Crippen LogP) is 2.96. The number of nitrogens with one attached hydrogen (secondary N) is 2. The molecule has 0 aromatic heterocycles. The molecule has 2 N–H and O–H groups in total. The van der Waals surface area contributed by atoms with E-state index in [9.17, 15) is 9.59 Å². The molecule has 1 aliphatic rings. The van der Waals surface area contributed by atoms with Gasteiger partial charge in [0.05, 0.1) is 5.69 Å². The van der Waals surface area contributed by atoms with E-state index in [-0.39, 0.29) is 18.2 Å². The second-order valence-electron chi connectivity index (χ2n) is 6.14. The number of nitrogens with zero attached hydrogens (tertiary/aromatic N) is 1. The Bertz CT molecular complexity index is 804. The molecule has 1 saturated heterocycles. The summed E-state index contributed by atoms with van der Waals surface area (Å²) in [5, 5.41) is 5.73. The summed E-state index contributed by atoms with van der Waals surface area (Å²) in [6, 6.07) is 17.7. The van der Waals surface area contributed by atoms with Gasteiger partial charge in [0.25, 0.3) is 0 Å². The fourth-order valence-corrected chi connectivity index (χ4v) is 3.55. The number of rotatable bonds is 6. The number of aryl methyl sites for hydroxylation is 1. The van der Waals surface area contributed by atoms with E-state index >= 15 is 0 Å². The van der Waals surface area contributed by atoms with Crippen molar-refractivity contribution in [3.05, 3.63) is 65.7 Å². The molecule has 0 unspecified atom stereocenters. The van der Waals surface area contributed by atoms with Crippen molar-refractivity contribution in [2.45, 2.75) is 25.0 Å². The highest BCUT2D eigenvalue weighted by Crippen LogP contribution is 2.25. The zero-order valence-electron chi connectivity index (χ0n) is 14.6. The molecule has 134 valence electrons. The van der Waals surface area contributed by atoms with Crippen molar-refractivity contribution < 1.29 is 9.59 Å². The number of hydrogen-bond donors (Lipinski definition) is 2. The first-order valence-corrected chi connectivity index (χ1v) is 9.41. The quantitative estimate of drug-likeness (QED) is 0.825. The lowest BCUT2D eigenvalue weighted by Gasteiger charge is -2.07. The van der Waals surface area contributed by atoms with Gasteiger partial charge in [-0.1, -0.05) is 59.8 Å². The number of aliphatic imine (C=N–C) groups is 1. The van der Waals surface area contributed by atoms with E-state index in [0.717, 1.165) is 17.7 Å². The third kappa shape index (κ3) is 5.20. The van der Waals surface area contributed by atoms with E-state index < -0.39 is 5.25 Å². The molecule has 6 heteroatoms. The summed E-state index contributed by atoms with van der Waals surface area (Å²) in [7, 11) is 0. The highest BCUT2D eigenvalue weighted by Gasteiger charge is 2.31. The van der Waals surface area contributed by atoms with Crippen LogP contribution in [-0.2, 0) is 16.0 Å². The Hall–Kier alpha value is -2.60. The average molecular weight is 367 g/mol. The molecule has 26 heavy (non-hydrogen) atoms. The third-order valence-electron chi connectivity index (χ3n) is 3.99. The second-order valence-corrected chi connectivity index (χ2v) is 7.33. The van der Waals surface area contributed by atoms with Crippen molar-refractivity contribution in [1.29, 1.82) is 0 Å². The minimum atomic E-state index is -0.434. The van der Waals surface area contributed by atoms with Crippen LogP contribution in [0.1, 0.15) is 17.5 Å². The number of amides is 2. The van der Waals surface area contributed by atoms with Crippen molar-refractivity contribution in [1.82, 2.24) is 10.6 Å². The van der Waals surface area contributed by atoms with Crippen LogP contribution in [0.2, 0.25) is 0 Å². The largest absolute Gasteiger partial charge is 0.356 e. The van der Waals surface area contributed by atoms with Gasteiger partial charge >= 0.3 is 0 Å². The van der Waals surface area contributed by atoms with Crippen LogP contribution in [0.15, 0.2) is 59.6 Å². The van der Waals surface area contributed by atoms with E-state index in [2.05, 4.69) is 15.6 Å². The number of benzene rings is 2. The van der Waals surface area contributed by atoms with Gasteiger partial charge < -0.3 is 10.6 Å². The van der Waals surface area contributed by atoms with Gasteiger partial charge in [-0.25, -0.2) is 4.99 Å². The lowest BCUT2D eigenvalue weighted by atomic mass is 10.1. The maximum atomic E-state index is 12.1. The average Bonchev–Trinajstić information content (AvgIpc) is 2.97. The number of carbonyl (C=O) groups is 2. The van der Waals surface area contributed by atoms with Crippen LogP contribution in [-0.4, -0.2) is 28.8 Å². The summed E-state index contributed by atoms with van der Waals surface area (Å²) < 4.78 is 0. The fourth-order valence-electron chi connectivity index (χ4n) is 2.56. The summed E-state index contributed by atoms with van der Waals surface area (Å²) in [4.78, 5) is 28.6. The lowest BCUT2D eigenvalue weighted by molar-refractivity contribution is -0.125. The Morgan fingerprint density at radius 2 is 1.88 bits per heavy atom. The van der Waals surface area contributed by atoms with Gasteiger partial charge in [-0.05, 0) is 31.0 Å². The maximum Gasteiger partial charge on any atom is 0.240 e. The summed E-state index contributed by atoms with van der Waals surface area (Å²) in [6.07, 6.45) is 0.926. The highest BCUT2D eigenvalue weighted by molar-refractivity contribution is 8.15. The molecule has 1 aliphatic heterocycles. The van der Waals surface area contributed by atoms with Crippen LogP contribution in [0.5, 0.6) is 0 Å². The number of thioether (sulfide) groups is 1. The second kappa shape index (κ2) is 8.67. The molecule has 2 aromatic carbocycles. The van der Waals surface area contributed by atoms with Gasteiger partial charge in [-0.3, -0.25) is 9.59 Å². The molecule has 3 rings (SSSR count). The topological polar surface area (TPSA) is 70.6 Å². The lowest BCUT2D eigenvalue weighted by Crippen LogP contribution is -2.32. The number of amidine groups is 1. The molecule has 5 nitrogen and oxygen atoms in total. The van der Waals surface area contributed by atoms with Crippen LogP contribution >= 0.6 is 11.8 Å². The Morgan fingerprint density at radius 1 is 1.15 bits per heavy atom. The van der Waals surface area contributed by atoms with E-state index in [1.165, 1.54) is 17.3 Å². The van der Waals surface area contributed by atoms with E-state index in [4.69, 9.17) is 0 Å². The molecule has 1 atom stereocenters. The fraction of sp³-hybridized carbons (Fsp3) is 0.250. The minimum absolute atomic E-state index is 0.120. The smallest absolute Gasteiger partial charge is 0.240 e. The predicted molar refractivity (Wildman–Crippen MR) is 106 cm³/mol. The molecule has 0 aliphatic carbocycles. The zero-order valence-corrected chi connectivity index (χ0v) is 15.4. The number of hydrogen-bond acceptors (Lipinski definition) is 4. The van der Waals surface area contributed by atoms with Gasteiger partial charge in [0.1, 0.15) is 5.25 Å². The standard InChI is InChI=1S/C20H21N3O2S/c1-14-7-9-16(10-8-14)22-20-23-19(25)17(26-20)13-18(24)21-12-11-15-5-3-2-4-6-15/h2-10,17H,11-13H2,1H3,(H,21,24)(H,22,23,25)/t17-/m0/s1. The van der Waals surface area contributed by atoms with E-state index in [1.54, 1.807) is 0 Å². The van der Waals surface area contributed by atoms with Gasteiger partial charge in [-0.15, -0.1) is 0 Å². The van der Waals surface area contributed by atoms with Crippen molar-refractivity contribution in [2.24, 2.45) is 4.99 Å². The molecule has 0 radical (unpaired) electrons. The van der Waals surface area contributed by atoms with Gasteiger partial charge in [0, 0.05) is 13.0 Å². The minimum Gasteiger partial charge on any atom is -0.356 e. The van der Waals surface area contributed by atoms with Crippen molar-refractivity contribution in [2.75, 3.05) is 6.54 Å². The molecule has 0 spiro atoms. The summed E-state index contributed by atoms with van der Waals surface area (Å²) in [5.74, 6) is -0.288. The number of carbonyl (C=O) groups excluding carboxylic acids is 2. The Labute approximate surface area is 157 Å². The normalized spacial score (nSPS) is 18.0. The van der Waals surface area contributed by atoms with Crippen molar-refractivity contribution >= 4 is 34.4 Å². The van der Waals surface area contributed by atoms with Crippen molar-refractivity contribution in [3.63, 3.8) is 0 Å². The van der Waals surface area contributed by atoms with E-state index in [1.807, 2.05) is 61.5 Å². The van der Waals surface area contributed by atoms with Crippen LogP contribution in [0.3, 0.4) is 0 Å². The Balaban J connectivity index is 1.48. The molecule has 0 bridgehead atoms. The highest BCUT2D eigenvalue weighted by atomic mass is 32.2. The SMILES string of the molecule is Cc1ccc(N=C2NC(=O)[C@H](CC(=O)NCCc3ccccc3)S2)cc1. The maximum absolute atomic E-state index is 12.1. The molecule has 1 heterocycles. The molecular formula is C20H21N3O2S. The summed E-state index contributed by atoms with van der Waals surface area (Å²) in [5.41, 5.74) is 3.11. The Kier molecular flexibility index (Phi) is 6.07. The van der Waals surface area contributed by atoms with Gasteiger partial charge in [-0.2, -0.15) is 0 Å². The first kappa shape index (κ1) is 18.2. The van der Waals surface area contributed by atoms with Crippen LogP contribution in [0.25, 0.3) is 0 Å². The van der Waals surface area contributed by atoms with Crippen LogP contribution < -0.4 is 10.6 Å². The summed E-state index contributed by atoms with van der Waals surface area (Å²) in [6.45, 7) is 2.57. The van der Waals surface area contributed by atoms with Crippen LogP contribution in [0.4, 0.5) is 5.69 Å². The molecular weight excluding hydrogens is 346 g/mol. The van der Waals surface area contributed by atoms with Gasteiger partial charge in [0.2, 0.25) is 11.8 Å². The third-order valence-corrected chi connectivity index (χ3v) is 5.07. The molecule has 0 saturated carbocycles. The first-order chi connectivity index (χ1) is 12.6. The Morgan fingerprint density at radius 3 is 2.62 bits per heavy atom. The van der Waals surface area contributed by atoms with Crippen molar-refractivity contribution in [3.8, 4) is 0 Å². The molecule has 2 amide bonds. The van der Waals surface area contributed by atoms with E-state index in [0.29, 0.717) is 11.7 Å². The zero-order chi connectivity index (χ0) is 18.4. The summed E-state index contributed by atoms with van der Waals surface area (Å²) >= 11 is 1.30. The van der Waals surface area contributed by atoms with Crippen LogP contribution in [0, 0.1) is 6.92 Å². The van der Waals surface area contributed by atoms with Gasteiger partial charge in [0.15, 0.2) is 5.17 Å². The monoisotopic (exact) mass is 367 g/mol. The molecule has 2 aromatic rings.